The number of sulfone groups is 1. The Morgan fingerprint density at radius 2 is 1.95 bits per heavy atom. The van der Waals surface area contributed by atoms with E-state index in [0.717, 1.165) is 43.3 Å². The molecule has 5 rings (SSSR count). The van der Waals surface area contributed by atoms with E-state index in [9.17, 15) is 18.5 Å². The highest BCUT2D eigenvalue weighted by atomic mass is 32.2. The number of carbonyl (C=O) groups excluding carboxylic acids is 1. The van der Waals surface area contributed by atoms with Gasteiger partial charge in [0, 0.05) is 50.7 Å². The second-order valence-corrected chi connectivity index (χ2v) is 14.4. The van der Waals surface area contributed by atoms with E-state index in [1.165, 1.54) is 11.3 Å². The third kappa shape index (κ3) is 5.59. The molecule has 2 atom stereocenters. The molecule has 1 spiro atoms. The summed E-state index contributed by atoms with van der Waals surface area (Å²) >= 11 is 0. The third-order valence-corrected chi connectivity index (χ3v) is 8.95. The number of rotatable bonds is 3. The number of anilines is 2. The zero-order valence-corrected chi connectivity index (χ0v) is 24.8. The number of hydrogen-bond acceptors (Lipinski definition) is 9. The number of aromatic nitrogens is 2. The zero-order chi connectivity index (χ0) is 28.9. The number of nitriles is 1. The van der Waals surface area contributed by atoms with Crippen molar-refractivity contribution >= 4 is 27.4 Å². The first-order valence-corrected chi connectivity index (χ1v) is 15.7. The Bertz CT molecular complexity index is 1460. The van der Waals surface area contributed by atoms with Crippen LogP contribution in [0.1, 0.15) is 50.4 Å². The van der Waals surface area contributed by atoms with E-state index in [-0.39, 0.29) is 17.0 Å². The van der Waals surface area contributed by atoms with Crippen LogP contribution in [-0.4, -0.2) is 80.5 Å². The lowest BCUT2D eigenvalue weighted by molar-refractivity contribution is 0.0144. The lowest BCUT2D eigenvalue weighted by atomic mass is 9.67. The number of para-hydroxylation sites is 1. The van der Waals surface area contributed by atoms with E-state index in [0.29, 0.717) is 31.9 Å². The Morgan fingerprint density at radius 1 is 1.20 bits per heavy atom. The van der Waals surface area contributed by atoms with Gasteiger partial charge in [0.2, 0.25) is 15.0 Å². The van der Waals surface area contributed by atoms with Crippen molar-refractivity contribution < 1.29 is 17.9 Å². The van der Waals surface area contributed by atoms with Crippen molar-refractivity contribution in [3.8, 4) is 6.07 Å². The molecule has 1 amide bonds. The Balaban J connectivity index is 1.48. The van der Waals surface area contributed by atoms with Crippen LogP contribution in [0.4, 0.5) is 16.3 Å². The molecule has 2 aliphatic heterocycles. The molecule has 11 heteroatoms. The fourth-order valence-electron chi connectivity index (χ4n) is 6.41. The van der Waals surface area contributed by atoms with Crippen LogP contribution in [0, 0.1) is 16.7 Å². The molecule has 1 fully saturated rings. The smallest absolute Gasteiger partial charge is 0.410 e. The van der Waals surface area contributed by atoms with Gasteiger partial charge in [0.1, 0.15) is 11.4 Å². The van der Waals surface area contributed by atoms with Crippen LogP contribution in [0.2, 0.25) is 0 Å². The number of piperazine rings is 1. The maximum Gasteiger partial charge on any atom is 0.410 e. The van der Waals surface area contributed by atoms with Gasteiger partial charge in [-0.3, -0.25) is 0 Å². The minimum atomic E-state index is -3.66. The van der Waals surface area contributed by atoms with E-state index in [1.807, 2.05) is 25.7 Å². The van der Waals surface area contributed by atoms with Gasteiger partial charge in [0.15, 0.2) is 0 Å². The first-order chi connectivity index (χ1) is 18.8. The lowest BCUT2D eigenvalue weighted by Gasteiger charge is -2.46. The lowest BCUT2D eigenvalue weighted by Crippen LogP contribution is -2.56. The van der Waals surface area contributed by atoms with E-state index in [2.05, 4.69) is 52.3 Å². The quantitative estimate of drug-likeness (QED) is 0.515. The summed E-state index contributed by atoms with van der Waals surface area (Å²) in [6.45, 7) is 7.48. The Morgan fingerprint density at radius 3 is 2.65 bits per heavy atom. The molecule has 40 heavy (non-hydrogen) atoms. The van der Waals surface area contributed by atoms with Crippen LogP contribution in [0.15, 0.2) is 29.4 Å². The SMILES string of the molecule is CN1C[C@]2(CCc3c(nc(S(C)(=O)=O)nc3N3CCN(C(=O)OC(C)(C)C)[C@@H](CC#N)C3)C2)Cc2ccccc21. The molecule has 214 valence electrons. The number of benzene rings is 1. The molecular weight excluding hydrogens is 528 g/mol. The van der Waals surface area contributed by atoms with E-state index >= 15 is 0 Å². The highest BCUT2D eigenvalue weighted by molar-refractivity contribution is 7.90. The molecule has 1 aliphatic carbocycles. The van der Waals surface area contributed by atoms with Crippen LogP contribution in [-0.2, 0) is 33.8 Å². The van der Waals surface area contributed by atoms with Gasteiger partial charge in [0.05, 0.1) is 24.2 Å². The molecule has 0 unspecified atom stereocenters. The molecule has 0 N–H and O–H groups in total. The average molecular weight is 567 g/mol. The van der Waals surface area contributed by atoms with Crippen LogP contribution in [0.5, 0.6) is 0 Å². The monoisotopic (exact) mass is 566 g/mol. The second-order valence-electron chi connectivity index (χ2n) is 12.5. The number of ether oxygens (including phenoxy) is 1. The van der Waals surface area contributed by atoms with Crippen molar-refractivity contribution in [1.29, 1.82) is 5.26 Å². The van der Waals surface area contributed by atoms with Crippen molar-refractivity contribution in [2.75, 3.05) is 49.3 Å². The van der Waals surface area contributed by atoms with Gasteiger partial charge in [-0.25, -0.2) is 23.2 Å². The van der Waals surface area contributed by atoms with E-state index in [4.69, 9.17) is 4.74 Å². The maximum atomic E-state index is 12.9. The fraction of sp³-hybridized carbons (Fsp3) is 0.586. The molecule has 3 aliphatic rings. The molecule has 0 radical (unpaired) electrons. The number of hydrogen-bond donors (Lipinski definition) is 0. The number of nitrogens with zero attached hydrogens (tertiary/aromatic N) is 6. The largest absolute Gasteiger partial charge is 0.444 e. The predicted molar refractivity (Wildman–Crippen MR) is 152 cm³/mol. The molecule has 10 nitrogen and oxygen atoms in total. The van der Waals surface area contributed by atoms with Gasteiger partial charge >= 0.3 is 6.09 Å². The van der Waals surface area contributed by atoms with E-state index in [1.54, 1.807) is 4.90 Å². The summed E-state index contributed by atoms with van der Waals surface area (Å²) in [6.07, 6.45) is 4.08. The minimum absolute atomic E-state index is 0.0464. The summed E-state index contributed by atoms with van der Waals surface area (Å²) < 4.78 is 31.0. The Kier molecular flexibility index (Phi) is 7.19. The summed E-state index contributed by atoms with van der Waals surface area (Å²) in [4.78, 5) is 28.1. The van der Waals surface area contributed by atoms with Gasteiger partial charge in [-0.1, -0.05) is 18.2 Å². The van der Waals surface area contributed by atoms with Gasteiger partial charge in [-0.15, -0.1) is 0 Å². The zero-order valence-electron chi connectivity index (χ0n) is 24.0. The summed E-state index contributed by atoms with van der Waals surface area (Å²) in [5, 5.41) is 9.35. The van der Waals surface area contributed by atoms with Crippen LogP contribution in [0.25, 0.3) is 0 Å². The first kappa shape index (κ1) is 28.1. The van der Waals surface area contributed by atoms with Gasteiger partial charge in [-0.2, -0.15) is 5.26 Å². The van der Waals surface area contributed by atoms with Crippen molar-refractivity contribution in [3.63, 3.8) is 0 Å². The van der Waals surface area contributed by atoms with Crippen molar-refractivity contribution in [3.05, 3.63) is 41.1 Å². The Hall–Kier alpha value is -3.39. The molecule has 3 heterocycles. The maximum absolute atomic E-state index is 12.9. The summed E-state index contributed by atoms with van der Waals surface area (Å²) in [5.41, 5.74) is 3.61. The molecule has 2 aromatic rings. The summed E-state index contributed by atoms with van der Waals surface area (Å²) in [6, 6.07) is 10.2. The van der Waals surface area contributed by atoms with Gasteiger partial charge in [-0.05, 0) is 63.5 Å². The summed E-state index contributed by atoms with van der Waals surface area (Å²) in [7, 11) is -1.55. The second kappa shape index (κ2) is 10.2. The highest BCUT2D eigenvalue weighted by Crippen LogP contribution is 2.45. The third-order valence-electron chi connectivity index (χ3n) is 8.11. The molecule has 1 aromatic heterocycles. The molecule has 0 saturated carbocycles. The number of fused-ring (bicyclic) bond motifs is 2. The summed E-state index contributed by atoms with van der Waals surface area (Å²) in [5.74, 6) is 0.608. The van der Waals surface area contributed by atoms with E-state index < -0.39 is 27.6 Å². The van der Waals surface area contributed by atoms with Gasteiger partial charge in [0.25, 0.3) is 0 Å². The molecular formula is C29H38N6O4S. The van der Waals surface area contributed by atoms with Crippen LogP contribution < -0.4 is 9.80 Å². The molecule has 1 aromatic carbocycles. The molecule has 0 bridgehead atoms. The average Bonchev–Trinajstić information content (AvgIpc) is 2.86. The van der Waals surface area contributed by atoms with Crippen molar-refractivity contribution in [2.45, 2.75) is 69.7 Å². The predicted octanol–water partition coefficient (Wildman–Crippen LogP) is 3.39. The number of carbonyl (C=O) groups is 1. The standard InChI is InChI=1S/C29H38N6O4S/c1-28(2,3)39-27(36)35-15-14-34(18-21(35)11-13-30)25-22-10-12-29(17-23(22)31-26(32-25)40(5,37)38)16-20-8-6-7-9-24(20)33(4)19-29/h6-9,21H,10-12,14-19H2,1-5H3/t21-,29+/m0/s1. The first-order valence-electron chi connectivity index (χ1n) is 13.8. The number of amides is 1. The van der Waals surface area contributed by atoms with Crippen molar-refractivity contribution in [1.82, 2.24) is 14.9 Å². The van der Waals surface area contributed by atoms with Crippen molar-refractivity contribution in [2.24, 2.45) is 5.41 Å². The highest BCUT2D eigenvalue weighted by Gasteiger charge is 2.43. The Labute approximate surface area is 236 Å². The van der Waals surface area contributed by atoms with Crippen LogP contribution >= 0.6 is 0 Å². The molecule has 1 saturated heterocycles. The minimum Gasteiger partial charge on any atom is -0.444 e. The normalized spacial score (nSPS) is 22.9. The van der Waals surface area contributed by atoms with Crippen LogP contribution in [0.3, 0.4) is 0 Å². The van der Waals surface area contributed by atoms with Gasteiger partial charge < -0.3 is 19.4 Å². The fourth-order valence-corrected chi connectivity index (χ4v) is 6.94. The topological polar surface area (TPSA) is 120 Å².